The van der Waals surface area contributed by atoms with Gasteiger partial charge in [0.05, 0.1) is 10.6 Å². The van der Waals surface area contributed by atoms with Crippen molar-refractivity contribution in [3.05, 3.63) is 70.6 Å². The van der Waals surface area contributed by atoms with Crippen LogP contribution in [-0.2, 0) is 22.7 Å². The van der Waals surface area contributed by atoms with Gasteiger partial charge in [-0.3, -0.25) is 14.4 Å². The van der Waals surface area contributed by atoms with Crippen LogP contribution in [0.3, 0.4) is 0 Å². The summed E-state index contributed by atoms with van der Waals surface area (Å²) in [6.45, 7) is 0.402. The number of aromatic nitrogens is 1. The van der Waals surface area contributed by atoms with Crippen molar-refractivity contribution in [3.8, 4) is 0 Å². The molecule has 166 valence electrons. The number of benzene rings is 2. The Bertz CT molecular complexity index is 1210. The van der Waals surface area contributed by atoms with Crippen LogP contribution in [-0.4, -0.2) is 39.8 Å². The van der Waals surface area contributed by atoms with Crippen LogP contribution in [0.4, 0.5) is 4.39 Å². The second-order valence-electron chi connectivity index (χ2n) is 7.73. The van der Waals surface area contributed by atoms with Crippen LogP contribution in [0.2, 0.25) is 5.02 Å². The predicted molar refractivity (Wildman–Crippen MR) is 118 cm³/mol. The molecule has 1 aliphatic heterocycles. The quantitative estimate of drug-likeness (QED) is 0.596. The molecule has 0 spiro atoms. The molecule has 1 aliphatic rings. The van der Waals surface area contributed by atoms with Gasteiger partial charge in [0.2, 0.25) is 11.8 Å². The fourth-order valence-electron chi connectivity index (χ4n) is 4.13. The van der Waals surface area contributed by atoms with E-state index in [1.165, 1.54) is 11.0 Å². The Kier molecular flexibility index (Phi) is 6.14. The number of nitrogens with zero attached hydrogens (tertiary/aromatic N) is 2. The third kappa shape index (κ3) is 4.18. The lowest BCUT2D eigenvalue weighted by molar-refractivity contribution is -0.138. The van der Waals surface area contributed by atoms with Crippen LogP contribution in [0.15, 0.2) is 48.7 Å². The minimum absolute atomic E-state index is 0.0105. The largest absolute Gasteiger partial charge is 0.366 e. The highest BCUT2D eigenvalue weighted by Gasteiger charge is 2.34. The summed E-state index contributed by atoms with van der Waals surface area (Å²) >= 11 is 5.79. The number of likely N-dealkylation sites (tertiary alicyclic amines) is 1. The molecule has 9 heteroatoms. The molecule has 3 amide bonds. The molecule has 1 fully saturated rings. The summed E-state index contributed by atoms with van der Waals surface area (Å²) < 4.78 is 15.8. The van der Waals surface area contributed by atoms with Gasteiger partial charge in [0.1, 0.15) is 18.4 Å². The Morgan fingerprint density at radius 1 is 1.16 bits per heavy atom. The Morgan fingerprint density at radius 2 is 1.94 bits per heavy atom. The summed E-state index contributed by atoms with van der Waals surface area (Å²) in [6.07, 6.45) is 2.78. The molecule has 32 heavy (non-hydrogen) atoms. The zero-order chi connectivity index (χ0) is 22.8. The van der Waals surface area contributed by atoms with Crippen molar-refractivity contribution in [2.75, 3.05) is 6.54 Å². The van der Waals surface area contributed by atoms with Crippen LogP contribution in [0, 0.1) is 5.82 Å². The summed E-state index contributed by atoms with van der Waals surface area (Å²) in [4.78, 5) is 39.1. The number of nitrogens with one attached hydrogen (secondary N) is 1. The topological polar surface area (TPSA) is 97.4 Å². The van der Waals surface area contributed by atoms with Gasteiger partial charge in [-0.05, 0) is 25.0 Å². The molecule has 2 heterocycles. The van der Waals surface area contributed by atoms with Crippen molar-refractivity contribution >= 4 is 40.2 Å². The van der Waals surface area contributed by atoms with E-state index in [4.69, 9.17) is 17.3 Å². The summed E-state index contributed by atoms with van der Waals surface area (Å²) in [7, 11) is 0. The number of nitrogens with two attached hydrogens (primary N) is 1. The maximum Gasteiger partial charge on any atom is 0.250 e. The monoisotopic (exact) mass is 456 g/mol. The number of carbonyl (C=O) groups is 3. The van der Waals surface area contributed by atoms with Gasteiger partial charge in [0.15, 0.2) is 0 Å². The van der Waals surface area contributed by atoms with Crippen molar-refractivity contribution in [3.63, 3.8) is 0 Å². The van der Waals surface area contributed by atoms with E-state index >= 15 is 0 Å². The molecule has 0 radical (unpaired) electrons. The Morgan fingerprint density at radius 3 is 2.72 bits per heavy atom. The standard InChI is InChI=1S/C23H22ClFN4O3/c24-17-7-3-5-14(21(17)25)11-27-23(32)19-9-4-10-29(19)20(30)13-28-12-16(22(26)31)15-6-1-2-8-18(15)28/h1-3,5-8,12,19H,4,9-11,13H2,(H2,26,31)(H,27,32)/t19-/m0/s1. The third-order valence-corrected chi connectivity index (χ3v) is 6.01. The van der Waals surface area contributed by atoms with Gasteiger partial charge >= 0.3 is 0 Å². The van der Waals surface area contributed by atoms with Gasteiger partial charge in [-0.15, -0.1) is 0 Å². The first-order valence-electron chi connectivity index (χ1n) is 10.2. The van der Waals surface area contributed by atoms with Crippen molar-refractivity contribution in [2.24, 2.45) is 5.73 Å². The maximum absolute atomic E-state index is 14.1. The summed E-state index contributed by atoms with van der Waals surface area (Å²) in [6, 6.07) is 11.2. The lowest BCUT2D eigenvalue weighted by Crippen LogP contribution is -2.46. The molecule has 1 aromatic heterocycles. The van der Waals surface area contributed by atoms with Crippen LogP contribution in [0.1, 0.15) is 28.8 Å². The Hall–Kier alpha value is -3.39. The average molecular weight is 457 g/mol. The number of rotatable bonds is 6. The average Bonchev–Trinajstić information content (AvgIpc) is 3.40. The molecule has 0 saturated carbocycles. The third-order valence-electron chi connectivity index (χ3n) is 5.72. The summed E-state index contributed by atoms with van der Waals surface area (Å²) in [5.41, 5.74) is 6.81. The van der Waals surface area contributed by atoms with Crippen molar-refractivity contribution in [1.29, 1.82) is 0 Å². The molecule has 7 nitrogen and oxygen atoms in total. The first-order chi connectivity index (χ1) is 15.4. The molecular formula is C23H22ClFN4O3. The number of carbonyl (C=O) groups excluding carboxylic acids is 3. The zero-order valence-electron chi connectivity index (χ0n) is 17.2. The van der Waals surface area contributed by atoms with Crippen LogP contribution in [0.25, 0.3) is 10.9 Å². The highest BCUT2D eigenvalue weighted by molar-refractivity contribution is 6.30. The predicted octanol–water partition coefficient (Wildman–Crippen LogP) is 2.84. The fraction of sp³-hybridized carbons (Fsp3) is 0.261. The molecule has 0 unspecified atom stereocenters. The van der Waals surface area contributed by atoms with E-state index in [2.05, 4.69) is 5.32 Å². The number of halogens is 2. The Labute approximate surface area is 188 Å². The minimum Gasteiger partial charge on any atom is -0.366 e. The molecule has 2 aromatic carbocycles. The number of para-hydroxylation sites is 1. The first kappa shape index (κ1) is 21.8. The highest BCUT2D eigenvalue weighted by Crippen LogP contribution is 2.23. The molecule has 0 bridgehead atoms. The molecule has 3 aromatic rings. The minimum atomic E-state index is -0.637. The highest BCUT2D eigenvalue weighted by atomic mass is 35.5. The summed E-state index contributed by atoms with van der Waals surface area (Å²) in [5.74, 6) is -1.73. The van der Waals surface area contributed by atoms with Gasteiger partial charge in [0, 0.05) is 35.8 Å². The van der Waals surface area contributed by atoms with Crippen LogP contribution >= 0.6 is 11.6 Å². The number of amides is 3. The van der Waals surface area contributed by atoms with Gasteiger partial charge in [-0.25, -0.2) is 4.39 Å². The number of fused-ring (bicyclic) bond motifs is 1. The number of hydrogen-bond donors (Lipinski definition) is 2. The van der Waals surface area contributed by atoms with E-state index < -0.39 is 17.8 Å². The second-order valence-corrected chi connectivity index (χ2v) is 8.14. The second kappa shape index (κ2) is 9.00. The van der Waals surface area contributed by atoms with Crippen LogP contribution < -0.4 is 11.1 Å². The van der Waals surface area contributed by atoms with Gasteiger partial charge in [-0.1, -0.05) is 41.9 Å². The summed E-state index contributed by atoms with van der Waals surface area (Å²) in [5, 5.41) is 3.37. The van der Waals surface area contributed by atoms with Gasteiger partial charge in [0.25, 0.3) is 5.91 Å². The molecule has 1 atom stereocenters. The SMILES string of the molecule is NC(=O)c1cn(CC(=O)N2CCC[C@H]2C(=O)NCc2cccc(Cl)c2F)c2ccccc12. The lowest BCUT2D eigenvalue weighted by atomic mass is 10.1. The maximum atomic E-state index is 14.1. The van der Waals surface area contributed by atoms with E-state index in [1.54, 1.807) is 35.0 Å². The lowest BCUT2D eigenvalue weighted by Gasteiger charge is -2.24. The van der Waals surface area contributed by atoms with Crippen molar-refractivity contribution in [2.45, 2.75) is 32.0 Å². The Balaban J connectivity index is 1.47. The van der Waals surface area contributed by atoms with Crippen molar-refractivity contribution in [1.82, 2.24) is 14.8 Å². The van der Waals surface area contributed by atoms with Crippen molar-refractivity contribution < 1.29 is 18.8 Å². The molecule has 0 aliphatic carbocycles. The zero-order valence-corrected chi connectivity index (χ0v) is 17.9. The van der Waals surface area contributed by atoms with E-state index in [-0.39, 0.29) is 35.5 Å². The van der Waals surface area contributed by atoms with E-state index in [9.17, 15) is 18.8 Å². The fourth-order valence-corrected chi connectivity index (χ4v) is 4.33. The molecule has 4 rings (SSSR count). The van der Waals surface area contributed by atoms with E-state index in [0.29, 0.717) is 35.9 Å². The first-order valence-corrected chi connectivity index (χ1v) is 10.6. The molecular weight excluding hydrogens is 435 g/mol. The van der Waals surface area contributed by atoms with Crippen LogP contribution in [0.5, 0.6) is 0 Å². The normalized spacial score (nSPS) is 15.8. The number of hydrogen-bond acceptors (Lipinski definition) is 3. The van der Waals surface area contributed by atoms with Gasteiger partial charge < -0.3 is 20.5 Å². The smallest absolute Gasteiger partial charge is 0.250 e. The number of primary amides is 1. The van der Waals surface area contributed by atoms with E-state index in [1.807, 2.05) is 12.1 Å². The molecule has 1 saturated heterocycles. The molecule has 3 N–H and O–H groups in total. The van der Waals surface area contributed by atoms with Gasteiger partial charge in [-0.2, -0.15) is 0 Å². The van der Waals surface area contributed by atoms with E-state index in [0.717, 1.165) is 0 Å².